The molecular weight excluding hydrogens is 327 g/mol. The van der Waals surface area contributed by atoms with E-state index >= 15 is 0 Å². The summed E-state index contributed by atoms with van der Waals surface area (Å²) < 4.78 is 43.0. The minimum absolute atomic E-state index is 0.00605. The molecule has 0 fully saturated rings. The molecule has 0 heterocycles. The van der Waals surface area contributed by atoms with Crippen molar-refractivity contribution in [1.82, 2.24) is 5.32 Å². The van der Waals surface area contributed by atoms with Gasteiger partial charge in [-0.2, -0.15) is 13.2 Å². The summed E-state index contributed by atoms with van der Waals surface area (Å²) in [6, 6.07) is 4.12. The van der Waals surface area contributed by atoms with E-state index in [1.54, 1.807) is 20.8 Å². The summed E-state index contributed by atoms with van der Waals surface area (Å²) in [4.78, 5) is 11.4. The van der Waals surface area contributed by atoms with Crippen molar-refractivity contribution in [3.8, 4) is 0 Å². The summed E-state index contributed by atoms with van der Waals surface area (Å²) in [5.41, 5.74) is -1.62. The van der Waals surface area contributed by atoms with Crippen molar-refractivity contribution in [3.05, 3.63) is 35.4 Å². The van der Waals surface area contributed by atoms with Crippen LogP contribution in [0.4, 0.5) is 18.0 Å². The number of hydrogen-bond donors (Lipinski definition) is 3. The van der Waals surface area contributed by atoms with Crippen LogP contribution in [0.3, 0.4) is 0 Å². The van der Waals surface area contributed by atoms with E-state index in [2.05, 4.69) is 5.32 Å². The highest BCUT2D eigenvalue weighted by atomic mass is 19.4. The Morgan fingerprint density at radius 1 is 1.25 bits per heavy atom. The van der Waals surface area contributed by atoms with Gasteiger partial charge in [0.25, 0.3) is 0 Å². The minimum Gasteiger partial charge on any atom is -0.444 e. The number of alkyl carbamates (subject to hydrolysis) is 1. The Bertz CT molecular complexity index is 555. The lowest BCUT2D eigenvalue weighted by Crippen LogP contribution is -2.34. The molecule has 0 saturated carbocycles. The van der Waals surface area contributed by atoms with Gasteiger partial charge >= 0.3 is 12.3 Å². The maximum Gasteiger partial charge on any atom is 0.416 e. The van der Waals surface area contributed by atoms with Crippen molar-refractivity contribution >= 4 is 6.09 Å². The van der Waals surface area contributed by atoms with Crippen molar-refractivity contribution in [2.45, 2.75) is 51.2 Å². The molecule has 1 aromatic carbocycles. The van der Waals surface area contributed by atoms with Crippen LogP contribution < -0.4 is 5.32 Å². The summed E-state index contributed by atoms with van der Waals surface area (Å²) in [6.45, 7) is 5.09. The number of ether oxygens (including phenoxy) is 1. The number of halogens is 3. The SMILES string of the molecule is CC(C)(C)OC(=O)NCCC(O)C(O)c1cccc(C(F)(F)F)c1. The molecule has 0 spiro atoms. The van der Waals surface area contributed by atoms with Crippen LogP contribution in [0.15, 0.2) is 24.3 Å². The third kappa shape index (κ3) is 6.76. The highest BCUT2D eigenvalue weighted by Gasteiger charge is 2.31. The molecule has 136 valence electrons. The normalized spacial score (nSPS) is 14.8. The topological polar surface area (TPSA) is 78.8 Å². The minimum atomic E-state index is -4.53. The predicted octanol–water partition coefficient (Wildman–Crippen LogP) is 3.01. The zero-order chi connectivity index (χ0) is 18.5. The van der Waals surface area contributed by atoms with Crippen LogP contribution in [0.1, 0.15) is 44.4 Å². The van der Waals surface area contributed by atoms with Gasteiger partial charge in [-0.1, -0.05) is 12.1 Å². The van der Waals surface area contributed by atoms with Crippen LogP contribution in [0.25, 0.3) is 0 Å². The maximum absolute atomic E-state index is 12.7. The van der Waals surface area contributed by atoms with E-state index in [0.29, 0.717) is 0 Å². The second kappa shape index (κ2) is 7.85. The first-order valence-electron chi connectivity index (χ1n) is 7.40. The van der Waals surface area contributed by atoms with Crippen LogP contribution in [0.5, 0.6) is 0 Å². The summed E-state index contributed by atoms with van der Waals surface area (Å²) in [5, 5.41) is 22.3. The molecule has 0 bridgehead atoms. The molecule has 0 saturated heterocycles. The standard InChI is InChI=1S/C16H22F3NO4/c1-15(2,3)24-14(23)20-8-7-12(21)13(22)10-5-4-6-11(9-10)16(17,18)19/h4-6,9,12-13,21-22H,7-8H2,1-3H3,(H,20,23). The smallest absolute Gasteiger partial charge is 0.416 e. The van der Waals surface area contributed by atoms with Gasteiger partial charge in [-0.3, -0.25) is 0 Å². The molecule has 0 aliphatic rings. The van der Waals surface area contributed by atoms with Crippen LogP contribution >= 0.6 is 0 Å². The molecule has 1 rings (SSSR count). The zero-order valence-corrected chi connectivity index (χ0v) is 13.7. The summed E-state index contributed by atoms with van der Waals surface area (Å²) in [6.07, 6.45) is -8.07. The van der Waals surface area contributed by atoms with Crippen molar-refractivity contribution in [1.29, 1.82) is 0 Å². The van der Waals surface area contributed by atoms with E-state index in [1.807, 2.05) is 0 Å². The van der Waals surface area contributed by atoms with Crippen molar-refractivity contribution < 1.29 is 32.9 Å². The van der Waals surface area contributed by atoms with E-state index in [-0.39, 0.29) is 18.5 Å². The van der Waals surface area contributed by atoms with Gasteiger partial charge in [-0.15, -0.1) is 0 Å². The third-order valence-corrected chi connectivity index (χ3v) is 3.03. The van der Waals surface area contributed by atoms with Crippen LogP contribution in [-0.2, 0) is 10.9 Å². The first-order chi connectivity index (χ1) is 10.9. The second-order valence-corrected chi connectivity index (χ2v) is 6.35. The van der Waals surface area contributed by atoms with Gasteiger partial charge in [0.1, 0.15) is 11.7 Å². The fraction of sp³-hybridized carbons (Fsp3) is 0.562. The maximum atomic E-state index is 12.7. The van der Waals surface area contributed by atoms with E-state index < -0.39 is 35.6 Å². The highest BCUT2D eigenvalue weighted by molar-refractivity contribution is 5.67. The number of aliphatic hydroxyl groups excluding tert-OH is 2. The summed E-state index contributed by atoms with van der Waals surface area (Å²) >= 11 is 0. The molecule has 8 heteroatoms. The Kier molecular flexibility index (Phi) is 6.62. The molecule has 24 heavy (non-hydrogen) atoms. The zero-order valence-electron chi connectivity index (χ0n) is 13.7. The number of amides is 1. The number of carbonyl (C=O) groups is 1. The average Bonchev–Trinajstić information content (AvgIpc) is 2.43. The quantitative estimate of drug-likeness (QED) is 0.764. The summed E-state index contributed by atoms with van der Waals surface area (Å²) in [7, 11) is 0. The lowest BCUT2D eigenvalue weighted by atomic mass is 10.00. The summed E-state index contributed by atoms with van der Waals surface area (Å²) in [5.74, 6) is 0. The molecule has 3 N–H and O–H groups in total. The van der Waals surface area contributed by atoms with Crippen LogP contribution in [0, 0.1) is 0 Å². The average molecular weight is 349 g/mol. The molecule has 2 unspecified atom stereocenters. The monoisotopic (exact) mass is 349 g/mol. The Labute approximate surface area is 138 Å². The number of benzene rings is 1. The first kappa shape index (κ1) is 20.2. The number of carbonyl (C=O) groups excluding carboxylic acids is 1. The lowest BCUT2D eigenvalue weighted by Gasteiger charge is -2.21. The third-order valence-electron chi connectivity index (χ3n) is 3.03. The number of aliphatic hydroxyl groups is 2. The molecule has 0 aliphatic carbocycles. The van der Waals surface area contributed by atoms with Gasteiger partial charge in [0.05, 0.1) is 11.7 Å². The van der Waals surface area contributed by atoms with Crippen molar-refractivity contribution in [2.75, 3.05) is 6.54 Å². The van der Waals surface area contributed by atoms with Gasteiger partial charge in [0.15, 0.2) is 0 Å². The first-order valence-corrected chi connectivity index (χ1v) is 7.40. The molecule has 0 radical (unpaired) electrons. The van der Waals surface area contributed by atoms with Crippen molar-refractivity contribution in [2.24, 2.45) is 0 Å². The molecule has 5 nitrogen and oxygen atoms in total. The fourth-order valence-electron chi connectivity index (χ4n) is 1.92. The molecule has 0 aromatic heterocycles. The van der Waals surface area contributed by atoms with Gasteiger partial charge in [0.2, 0.25) is 0 Å². The van der Waals surface area contributed by atoms with Crippen molar-refractivity contribution in [3.63, 3.8) is 0 Å². The molecule has 1 amide bonds. The second-order valence-electron chi connectivity index (χ2n) is 6.35. The van der Waals surface area contributed by atoms with E-state index in [9.17, 15) is 28.2 Å². The van der Waals surface area contributed by atoms with Crippen LogP contribution in [0.2, 0.25) is 0 Å². The largest absolute Gasteiger partial charge is 0.444 e. The number of hydrogen-bond acceptors (Lipinski definition) is 4. The van der Waals surface area contributed by atoms with Crippen LogP contribution in [-0.4, -0.2) is 34.6 Å². The molecule has 1 aromatic rings. The highest BCUT2D eigenvalue weighted by Crippen LogP contribution is 2.31. The fourth-order valence-corrected chi connectivity index (χ4v) is 1.92. The van der Waals surface area contributed by atoms with Gasteiger partial charge in [-0.25, -0.2) is 4.79 Å². The Balaban J connectivity index is 2.56. The Morgan fingerprint density at radius 3 is 2.42 bits per heavy atom. The van der Waals surface area contributed by atoms with Gasteiger partial charge < -0.3 is 20.3 Å². The molecule has 0 aliphatic heterocycles. The molecular formula is C16H22F3NO4. The lowest BCUT2D eigenvalue weighted by molar-refractivity contribution is -0.137. The number of rotatable bonds is 5. The number of alkyl halides is 3. The Hall–Kier alpha value is -1.80. The Morgan fingerprint density at radius 2 is 1.88 bits per heavy atom. The van der Waals surface area contributed by atoms with E-state index in [1.165, 1.54) is 6.07 Å². The predicted molar refractivity (Wildman–Crippen MR) is 81.3 cm³/mol. The van der Waals surface area contributed by atoms with Gasteiger partial charge in [-0.05, 0) is 44.9 Å². The number of nitrogens with one attached hydrogen (secondary N) is 1. The molecule has 2 atom stereocenters. The van der Waals surface area contributed by atoms with E-state index in [4.69, 9.17) is 4.74 Å². The van der Waals surface area contributed by atoms with Gasteiger partial charge in [0, 0.05) is 6.54 Å². The van der Waals surface area contributed by atoms with E-state index in [0.717, 1.165) is 18.2 Å².